The molecule has 2 heterocycles. The maximum atomic E-state index is 11.0. The number of anilines is 1. The van der Waals surface area contributed by atoms with Gasteiger partial charge in [0.25, 0.3) is 0 Å². The molecule has 0 spiro atoms. The van der Waals surface area contributed by atoms with E-state index in [0.717, 1.165) is 62.1 Å². The molecule has 6 fully saturated rings. The molecule has 1 aromatic rings. The van der Waals surface area contributed by atoms with Gasteiger partial charge in [-0.3, -0.25) is 0 Å². The number of ether oxygens (including phenoxy) is 1. The van der Waals surface area contributed by atoms with Crippen LogP contribution in [0.4, 0.5) is 5.95 Å². The lowest BCUT2D eigenvalue weighted by Crippen LogP contribution is -2.60. The van der Waals surface area contributed by atoms with Gasteiger partial charge in [0.2, 0.25) is 5.95 Å². The van der Waals surface area contributed by atoms with Crippen molar-refractivity contribution in [1.82, 2.24) is 15.3 Å². The van der Waals surface area contributed by atoms with E-state index in [4.69, 9.17) is 14.7 Å². The van der Waals surface area contributed by atoms with E-state index in [0.29, 0.717) is 29.8 Å². The van der Waals surface area contributed by atoms with Crippen LogP contribution in [0.25, 0.3) is 5.70 Å². The Labute approximate surface area is 191 Å². The Morgan fingerprint density at radius 2 is 1.97 bits per heavy atom. The second kappa shape index (κ2) is 7.98. The molecule has 6 nitrogen and oxygen atoms in total. The fraction of sp³-hybridized carbons (Fsp3) is 0.769. The Bertz CT molecular complexity index is 867. The molecule has 6 heteroatoms. The molecule has 0 amide bonds. The fourth-order valence-corrected chi connectivity index (χ4v) is 7.79. The van der Waals surface area contributed by atoms with Gasteiger partial charge < -0.3 is 20.1 Å². The second-order valence-electron chi connectivity index (χ2n) is 11.4. The Morgan fingerprint density at radius 3 is 2.66 bits per heavy atom. The average molecular weight is 439 g/mol. The highest BCUT2D eigenvalue weighted by molar-refractivity contribution is 5.65. The smallest absolute Gasteiger partial charge is 0.225 e. The first-order chi connectivity index (χ1) is 15.5. The highest BCUT2D eigenvalue weighted by Gasteiger charge is 2.54. The highest BCUT2D eigenvalue weighted by atomic mass is 16.5. The summed E-state index contributed by atoms with van der Waals surface area (Å²) in [6.45, 7) is 9.00. The normalized spacial score (nSPS) is 38.9. The molecule has 32 heavy (non-hydrogen) atoms. The van der Waals surface area contributed by atoms with Gasteiger partial charge in [-0.25, -0.2) is 9.97 Å². The molecule has 5 aliphatic carbocycles. The first-order valence-corrected chi connectivity index (χ1v) is 12.9. The summed E-state index contributed by atoms with van der Waals surface area (Å²) >= 11 is 0. The lowest BCUT2D eigenvalue weighted by atomic mass is 9.52. The van der Waals surface area contributed by atoms with E-state index < -0.39 is 5.60 Å². The molecule has 4 bridgehead atoms. The molecule has 1 saturated heterocycles. The Kier molecular flexibility index (Phi) is 5.22. The number of aliphatic hydroxyl groups is 1. The molecule has 1 aromatic heterocycles. The number of hydrogen-bond donors (Lipinski definition) is 2. The zero-order chi connectivity index (χ0) is 21.9. The van der Waals surface area contributed by atoms with Crippen LogP contribution in [0, 0.1) is 17.8 Å². The van der Waals surface area contributed by atoms with E-state index >= 15 is 0 Å². The van der Waals surface area contributed by atoms with Crippen molar-refractivity contribution in [3.05, 3.63) is 24.0 Å². The number of morpholine rings is 1. The summed E-state index contributed by atoms with van der Waals surface area (Å²) in [5.41, 5.74) is 2.88. The quantitative estimate of drug-likeness (QED) is 0.728. The number of nitrogens with one attached hydrogen (secondary N) is 1. The molecule has 2 N–H and O–H groups in total. The predicted molar refractivity (Wildman–Crippen MR) is 125 cm³/mol. The van der Waals surface area contributed by atoms with Crippen LogP contribution in [0.5, 0.6) is 0 Å². The van der Waals surface area contributed by atoms with Gasteiger partial charge in [0.15, 0.2) is 0 Å². The van der Waals surface area contributed by atoms with E-state index in [-0.39, 0.29) is 0 Å². The molecule has 6 aliphatic rings. The number of aromatic nitrogens is 2. The van der Waals surface area contributed by atoms with E-state index in [1.807, 2.05) is 6.20 Å². The number of nitrogens with zero attached hydrogens (tertiary/aromatic N) is 3. The van der Waals surface area contributed by atoms with Crippen molar-refractivity contribution >= 4 is 11.6 Å². The molecule has 2 unspecified atom stereocenters. The topological polar surface area (TPSA) is 70.5 Å². The molecule has 174 valence electrons. The van der Waals surface area contributed by atoms with Crippen molar-refractivity contribution in [1.29, 1.82) is 0 Å². The maximum Gasteiger partial charge on any atom is 0.225 e. The second-order valence-corrected chi connectivity index (χ2v) is 11.4. The van der Waals surface area contributed by atoms with Crippen LogP contribution in [0.1, 0.15) is 81.9 Å². The molecule has 0 aromatic carbocycles. The van der Waals surface area contributed by atoms with E-state index in [1.54, 1.807) is 0 Å². The summed E-state index contributed by atoms with van der Waals surface area (Å²) in [5, 5.41) is 14.8. The van der Waals surface area contributed by atoms with Crippen LogP contribution in [-0.4, -0.2) is 52.5 Å². The minimum atomic E-state index is -0.398. The summed E-state index contributed by atoms with van der Waals surface area (Å²) in [5.74, 6) is 3.19. The SMILES string of the molecule is C=C(NC1C2CC3CC1CC(O)(C3)C2)c1cnc(N2CCOC[C@@H]2C)nc1C1CCCC1. The van der Waals surface area contributed by atoms with Gasteiger partial charge in [0.05, 0.1) is 30.6 Å². The van der Waals surface area contributed by atoms with Gasteiger partial charge in [0.1, 0.15) is 0 Å². The Balaban J connectivity index is 1.26. The van der Waals surface area contributed by atoms with Gasteiger partial charge in [-0.2, -0.15) is 0 Å². The lowest BCUT2D eigenvalue weighted by molar-refractivity contribution is -0.136. The number of rotatable bonds is 5. The van der Waals surface area contributed by atoms with Crippen molar-refractivity contribution in [2.45, 2.75) is 88.3 Å². The lowest BCUT2D eigenvalue weighted by Gasteiger charge is -2.58. The minimum Gasteiger partial charge on any atom is -0.390 e. The van der Waals surface area contributed by atoms with Gasteiger partial charge in [-0.1, -0.05) is 19.4 Å². The Morgan fingerprint density at radius 1 is 1.22 bits per heavy atom. The molecular formula is C26H38N4O2. The summed E-state index contributed by atoms with van der Waals surface area (Å²) < 4.78 is 5.62. The molecule has 3 atom stereocenters. The van der Waals surface area contributed by atoms with Crippen LogP contribution in [0.2, 0.25) is 0 Å². The van der Waals surface area contributed by atoms with Crippen molar-refractivity contribution < 1.29 is 9.84 Å². The largest absolute Gasteiger partial charge is 0.390 e. The van der Waals surface area contributed by atoms with Crippen LogP contribution in [0.15, 0.2) is 12.8 Å². The van der Waals surface area contributed by atoms with E-state index in [1.165, 1.54) is 44.2 Å². The maximum absolute atomic E-state index is 11.0. The minimum absolute atomic E-state index is 0.297. The van der Waals surface area contributed by atoms with Crippen molar-refractivity contribution in [2.24, 2.45) is 17.8 Å². The van der Waals surface area contributed by atoms with E-state index in [9.17, 15) is 5.11 Å². The Hall–Kier alpha value is -1.66. The molecule has 1 aliphatic heterocycles. The third kappa shape index (κ3) is 3.63. The van der Waals surface area contributed by atoms with Crippen molar-refractivity contribution in [2.75, 3.05) is 24.7 Å². The summed E-state index contributed by atoms with van der Waals surface area (Å²) in [6.07, 6.45) is 12.4. The molecular weight excluding hydrogens is 400 g/mol. The standard InChI is InChI=1S/C26H38N4O2/c1-16-15-32-8-7-30(16)25-27-14-22(24(29-25)19-5-3-4-6-19)17(2)28-23-20-9-18-10-21(23)13-26(31,11-18)12-20/h14,16,18-21,23,28,31H,2-13,15H2,1H3/t16-,18?,20?,21?,23?,26?/m0/s1. The van der Waals surface area contributed by atoms with E-state index in [2.05, 4.69) is 23.7 Å². The van der Waals surface area contributed by atoms with Crippen LogP contribution < -0.4 is 10.2 Å². The average Bonchev–Trinajstić information content (AvgIpc) is 3.30. The van der Waals surface area contributed by atoms with Gasteiger partial charge >= 0.3 is 0 Å². The van der Waals surface area contributed by atoms with Gasteiger partial charge in [0, 0.05) is 36.0 Å². The third-order valence-electron chi connectivity index (χ3n) is 9.08. The zero-order valence-electron chi connectivity index (χ0n) is 19.4. The van der Waals surface area contributed by atoms with Crippen LogP contribution in [-0.2, 0) is 4.74 Å². The number of hydrogen-bond acceptors (Lipinski definition) is 6. The molecule has 0 radical (unpaired) electrons. The van der Waals surface area contributed by atoms with Crippen LogP contribution >= 0.6 is 0 Å². The summed E-state index contributed by atoms with van der Waals surface area (Å²) in [7, 11) is 0. The van der Waals surface area contributed by atoms with Gasteiger partial charge in [-0.15, -0.1) is 0 Å². The highest BCUT2D eigenvalue weighted by Crippen LogP contribution is 2.56. The molecule has 7 rings (SSSR count). The van der Waals surface area contributed by atoms with Crippen molar-refractivity contribution in [3.8, 4) is 0 Å². The van der Waals surface area contributed by atoms with Crippen molar-refractivity contribution in [3.63, 3.8) is 0 Å². The predicted octanol–water partition coefficient (Wildman–Crippen LogP) is 3.86. The first kappa shape index (κ1) is 20.9. The molecule has 5 saturated carbocycles. The monoisotopic (exact) mass is 438 g/mol. The summed E-state index contributed by atoms with van der Waals surface area (Å²) in [6, 6.07) is 0.723. The zero-order valence-corrected chi connectivity index (χ0v) is 19.4. The summed E-state index contributed by atoms with van der Waals surface area (Å²) in [4.78, 5) is 12.3. The fourth-order valence-electron chi connectivity index (χ4n) is 7.79. The van der Waals surface area contributed by atoms with Crippen LogP contribution in [0.3, 0.4) is 0 Å². The third-order valence-corrected chi connectivity index (χ3v) is 9.08. The first-order valence-electron chi connectivity index (χ1n) is 12.9. The van der Waals surface area contributed by atoms with Gasteiger partial charge in [-0.05, 0) is 69.6 Å².